The molecule has 2 N–H and O–H groups in total. The van der Waals surface area contributed by atoms with Gasteiger partial charge in [0, 0.05) is 16.6 Å². The molecule has 0 radical (unpaired) electrons. The molecule has 0 spiro atoms. The molecule has 1 unspecified atom stereocenters. The third-order valence-electron chi connectivity index (χ3n) is 2.82. The second kappa shape index (κ2) is 7.00. The van der Waals surface area contributed by atoms with Crippen LogP contribution in [0, 0.1) is 11.6 Å². The summed E-state index contributed by atoms with van der Waals surface area (Å²) in [6.45, 7) is 2.02. The molecule has 0 heterocycles. The molecule has 0 bridgehead atoms. The van der Waals surface area contributed by atoms with Gasteiger partial charge in [-0.25, -0.2) is 8.78 Å². The third-order valence-corrected chi connectivity index (χ3v) is 3.27. The molecule has 2 aromatic rings. The maximum Gasteiger partial charge on any atom is 0.127 e. The van der Waals surface area contributed by atoms with E-state index in [-0.39, 0.29) is 24.3 Å². The van der Waals surface area contributed by atoms with Gasteiger partial charge in [0.1, 0.15) is 24.0 Å². The molecular formula is C16H16BrF2NO. The van der Waals surface area contributed by atoms with Crippen LogP contribution in [0.5, 0.6) is 5.75 Å². The Kier molecular flexibility index (Phi) is 5.31. The third kappa shape index (κ3) is 5.10. The fourth-order valence-electron chi connectivity index (χ4n) is 2.05. The summed E-state index contributed by atoms with van der Waals surface area (Å²) in [6, 6.07) is 8.94. The lowest BCUT2D eigenvalue weighted by Crippen LogP contribution is -2.17. The Morgan fingerprint density at radius 1 is 1.05 bits per heavy atom. The summed E-state index contributed by atoms with van der Waals surface area (Å²) >= 11 is 3.22. The predicted octanol–water partition coefficient (Wildman–Crippen LogP) is 4.20. The van der Waals surface area contributed by atoms with E-state index in [4.69, 9.17) is 10.5 Å². The minimum absolute atomic E-state index is 0.0566. The van der Waals surface area contributed by atoms with E-state index in [0.29, 0.717) is 22.2 Å². The van der Waals surface area contributed by atoms with Crippen molar-refractivity contribution in [3.05, 3.63) is 63.6 Å². The second-order valence-corrected chi connectivity index (χ2v) is 5.96. The predicted molar refractivity (Wildman–Crippen MR) is 82.2 cm³/mol. The topological polar surface area (TPSA) is 35.2 Å². The van der Waals surface area contributed by atoms with Gasteiger partial charge in [0.05, 0.1) is 0 Å². The summed E-state index contributed by atoms with van der Waals surface area (Å²) in [6.07, 6.45) is 0.569. The van der Waals surface area contributed by atoms with Crippen LogP contribution in [0.1, 0.15) is 18.1 Å². The minimum atomic E-state index is -0.372. The van der Waals surface area contributed by atoms with Crippen LogP contribution in [-0.4, -0.2) is 6.04 Å². The van der Waals surface area contributed by atoms with Crippen molar-refractivity contribution in [1.82, 2.24) is 0 Å². The largest absolute Gasteiger partial charge is 0.489 e. The number of rotatable bonds is 5. The van der Waals surface area contributed by atoms with Gasteiger partial charge >= 0.3 is 0 Å². The lowest BCUT2D eigenvalue weighted by molar-refractivity contribution is 0.303. The normalized spacial score (nSPS) is 12.2. The number of nitrogens with two attached hydrogens (primary N) is 1. The molecule has 5 heteroatoms. The molecular weight excluding hydrogens is 340 g/mol. The first-order valence-corrected chi connectivity index (χ1v) is 7.34. The molecule has 2 rings (SSSR count). The zero-order chi connectivity index (χ0) is 15.4. The Morgan fingerprint density at radius 3 is 2.38 bits per heavy atom. The fourth-order valence-corrected chi connectivity index (χ4v) is 2.57. The van der Waals surface area contributed by atoms with E-state index in [2.05, 4.69) is 15.9 Å². The van der Waals surface area contributed by atoms with Gasteiger partial charge in [0.15, 0.2) is 0 Å². The second-order valence-electron chi connectivity index (χ2n) is 5.04. The highest BCUT2D eigenvalue weighted by molar-refractivity contribution is 9.10. The summed E-state index contributed by atoms with van der Waals surface area (Å²) in [5.41, 5.74) is 7.16. The average Bonchev–Trinajstić information content (AvgIpc) is 2.33. The SMILES string of the molecule is CC(N)Cc1cc(F)cc(OCc2cc(F)cc(Br)c2)c1. The molecule has 2 aromatic carbocycles. The molecule has 2 nitrogen and oxygen atoms in total. The molecule has 0 aliphatic heterocycles. The van der Waals surface area contributed by atoms with Crippen LogP contribution in [-0.2, 0) is 13.0 Å². The first-order chi connectivity index (χ1) is 9.92. The zero-order valence-corrected chi connectivity index (χ0v) is 13.2. The molecule has 0 aromatic heterocycles. The number of ether oxygens (including phenoxy) is 1. The zero-order valence-electron chi connectivity index (χ0n) is 11.6. The Hall–Kier alpha value is -1.46. The van der Waals surface area contributed by atoms with E-state index in [1.54, 1.807) is 12.1 Å². The summed E-state index contributed by atoms with van der Waals surface area (Å²) < 4.78 is 33.0. The molecule has 1 atom stereocenters. The van der Waals surface area contributed by atoms with Gasteiger partial charge in [0.2, 0.25) is 0 Å². The van der Waals surface area contributed by atoms with E-state index in [9.17, 15) is 8.78 Å². The summed E-state index contributed by atoms with van der Waals surface area (Å²) in [4.78, 5) is 0. The number of benzene rings is 2. The van der Waals surface area contributed by atoms with E-state index >= 15 is 0 Å². The van der Waals surface area contributed by atoms with Crippen molar-refractivity contribution < 1.29 is 13.5 Å². The molecule has 0 aliphatic rings. The summed E-state index contributed by atoms with van der Waals surface area (Å²) in [7, 11) is 0. The van der Waals surface area contributed by atoms with Crippen LogP contribution in [0.15, 0.2) is 40.9 Å². The quantitative estimate of drug-likeness (QED) is 0.872. The maximum atomic E-state index is 13.5. The van der Waals surface area contributed by atoms with Gasteiger partial charge in [0.25, 0.3) is 0 Å². The van der Waals surface area contributed by atoms with Gasteiger partial charge in [-0.15, -0.1) is 0 Å². The molecule has 0 fully saturated rings. The number of halogens is 3. The van der Waals surface area contributed by atoms with Crippen molar-refractivity contribution in [2.45, 2.75) is 26.0 Å². The summed E-state index contributed by atoms with van der Waals surface area (Å²) in [5.74, 6) is -0.311. The van der Waals surface area contributed by atoms with Crippen molar-refractivity contribution in [2.24, 2.45) is 5.73 Å². The maximum absolute atomic E-state index is 13.5. The number of hydrogen-bond donors (Lipinski definition) is 1. The lowest BCUT2D eigenvalue weighted by atomic mass is 10.1. The molecule has 0 saturated carbocycles. The standard InChI is InChI=1S/C16H16BrF2NO/c1-10(20)2-11-4-15(19)8-16(6-11)21-9-12-3-13(17)7-14(18)5-12/h3-8,10H,2,9,20H2,1H3. The fraction of sp³-hybridized carbons (Fsp3) is 0.250. The smallest absolute Gasteiger partial charge is 0.127 e. The Balaban J connectivity index is 2.10. The van der Waals surface area contributed by atoms with Crippen LogP contribution < -0.4 is 10.5 Å². The highest BCUT2D eigenvalue weighted by atomic mass is 79.9. The van der Waals surface area contributed by atoms with Crippen LogP contribution in [0.25, 0.3) is 0 Å². The number of hydrogen-bond acceptors (Lipinski definition) is 2. The minimum Gasteiger partial charge on any atom is -0.489 e. The Bertz CT molecular complexity index is 611. The van der Waals surface area contributed by atoms with Crippen LogP contribution in [0.4, 0.5) is 8.78 Å². The monoisotopic (exact) mass is 355 g/mol. The van der Waals surface area contributed by atoms with Crippen LogP contribution >= 0.6 is 15.9 Å². The van der Waals surface area contributed by atoms with Crippen molar-refractivity contribution >= 4 is 15.9 Å². The van der Waals surface area contributed by atoms with Gasteiger partial charge < -0.3 is 10.5 Å². The molecule has 21 heavy (non-hydrogen) atoms. The van der Waals surface area contributed by atoms with Crippen LogP contribution in [0.2, 0.25) is 0 Å². The van der Waals surface area contributed by atoms with Crippen molar-refractivity contribution in [2.75, 3.05) is 0 Å². The van der Waals surface area contributed by atoms with Crippen molar-refractivity contribution in [3.8, 4) is 5.75 Å². The van der Waals surface area contributed by atoms with E-state index in [1.165, 1.54) is 24.3 Å². The van der Waals surface area contributed by atoms with Gasteiger partial charge in [-0.2, -0.15) is 0 Å². The van der Waals surface area contributed by atoms with Crippen LogP contribution in [0.3, 0.4) is 0 Å². The van der Waals surface area contributed by atoms with E-state index in [1.807, 2.05) is 6.92 Å². The molecule has 112 valence electrons. The van der Waals surface area contributed by atoms with E-state index in [0.717, 1.165) is 5.56 Å². The highest BCUT2D eigenvalue weighted by Gasteiger charge is 2.06. The van der Waals surface area contributed by atoms with Gasteiger partial charge in [-0.3, -0.25) is 0 Å². The highest BCUT2D eigenvalue weighted by Crippen LogP contribution is 2.20. The van der Waals surface area contributed by atoms with Crippen molar-refractivity contribution in [1.29, 1.82) is 0 Å². The van der Waals surface area contributed by atoms with Crippen molar-refractivity contribution in [3.63, 3.8) is 0 Å². The first kappa shape index (κ1) is 15.9. The average molecular weight is 356 g/mol. The first-order valence-electron chi connectivity index (χ1n) is 6.55. The lowest BCUT2D eigenvalue weighted by Gasteiger charge is -2.10. The Morgan fingerprint density at radius 2 is 1.71 bits per heavy atom. The Labute approximate surface area is 131 Å². The van der Waals surface area contributed by atoms with Gasteiger partial charge in [-0.1, -0.05) is 15.9 Å². The molecule has 0 amide bonds. The molecule has 0 aliphatic carbocycles. The van der Waals surface area contributed by atoms with Gasteiger partial charge in [-0.05, 0) is 54.8 Å². The summed E-state index contributed by atoms with van der Waals surface area (Å²) in [5, 5.41) is 0. The molecule has 0 saturated heterocycles. The van der Waals surface area contributed by atoms with E-state index < -0.39 is 0 Å².